The molecule has 0 bridgehead atoms. The Bertz CT molecular complexity index is 555. The predicted octanol–water partition coefficient (Wildman–Crippen LogP) is 4.78. The van der Waals surface area contributed by atoms with E-state index in [1.807, 2.05) is 0 Å². The molecule has 0 aliphatic carbocycles. The Labute approximate surface area is 124 Å². The SMILES string of the molecule is CC(C)N(c1ccccc1)c1cccc([Si](C)(C)C)c1. The van der Waals surface area contributed by atoms with E-state index in [2.05, 4.69) is 93.0 Å². The summed E-state index contributed by atoms with van der Waals surface area (Å²) in [6.07, 6.45) is 0. The summed E-state index contributed by atoms with van der Waals surface area (Å²) in [6, 6.07) is 20.1. The molecule has 0 saturated carbocycles. The van der Waals surface area contributed by atoms with Gasteiger partial charge in [-0.3, -0.25) is 0 Å². The van der Waals surface area contributed by atoms with Crippen molar-refractivity contribution in [3.63, 3.8) is 0 Å². The Morgan fingerprint density at radius 3 is 1.95 bits per heavy atom. The van der Waals surface area contributed by atoms with Crippen LogP contribution in [0.3, 0.4) is 0 Å². The van der Waals surface area contributed by atoms with Gasteiger partial charge in [0.05, 0.1) is 8.07 Å². The number of nitrogens with zero attached hydrogens (tertiary/aromatic N) is 1. The van der Waals surface area contributed by atoms with Crippen molar-refractivity contribution in [2.24, 2.45) is 0 Å². The first-order valence-electron chi connectivity index (χ1n) is 7.34. The maximum Gasteiger partial charge on any atom is 0.0776 e. The minimum atomic E-state index is -1.27. The van der Waals surface area contributed by atoms with E-state index in [0.717, 1.165) is 0 Å². The molecule has 0 aliphatic heterocycles. The third-order valence-corrected chi connectivity index (χ3v) is 5.58. The molecule has 2 rings (SSSR count). The highest BCUT2D eigenvalue weighted by Crippen LogP contribution is 2.27. The molecule has 0 spiro atoms. The van der Waals surface area contributed by atoms with Gasteiger partial charge in [-0.2, -0.15) is 0 Å². The van der Waals surface area contributed by atoms with Crippen LogP contribution in [0.1, 0.15) is 13.8 Å². The summed E-state index contributed by atoms with van der Waals surface area (Å²) >= 11 is 0. The molecule has 0 aromatic heterocycles. The second kappa shape index (κ2) is 5.84. The van der Waals surface area contributed by atoms with E-state index >= 15 is 0 Å². The highest BCUT2D eigenvalue weighted by Gasteiger charge is 2.19. The summed E-state index contributed by atoms with van der Waals surface area (Å²) in [5.74, 6) is 0. The summed E-state index contributed by atoms with van der Waals surface area (Å²) in [5.41, 5.74) is 2.56. The molecular formula is C18H25NSi. The van der Waals surface area contributed by atoms with Gasteiger partial charge in [0.1, 0.15) is 0 Å². The average Bonchev–Trinajstić information content (AvgIpc) is 2.39. The van der Waals surface area contributed by atoms with Gasteiger partial charge >= 0.3 is 0 Å². The molecule has 0 aliphatic rings. The first kappa shape index (κ1) is 14.9. The first-order chi connectivity index (χ1) is 9.39. The number of para-hydroxylation sites is 1. The van der Waals surface area contributed by atoms with Crippen LogP contribution in [-0.2, 0) is 0 Å². The monoisotopic (exact) mass is 283 g/mol. The van der Waals surface area contributed by atoms with Gasteiger partial charge in [-0.05, 0) is 38.1 Å². The number of rotatable bonds is 4. The van der Waals surface area contributed by atoms with Gasteiger partial charge in [0.15, 0.2) is 0 Å². The zero-order valence-electron chi connectivity index (χ0n) is 13.2. The summed E-state index contributed by atoms with van der Waals surface area (Å²) in [7, 11) is -1.27. The van der Waals surface area contributed by atoms with Crippen LogP contribution in [-0.4, -0.2) is 14.1 Å². The fourth-order valence-corrected chi connectivity index (χ4v) is 3.63. The van der Waals surface area contributed by atoms with Crippen molar-refractivity contribution < 1.29 is 0 Å². The van der Waals surface area contributed by atoms with Crippen molar-refractivity contribution in [1.82, 2.24) is 0 Å². The summed E-state index contributed by atoms with van der Waals surface area (Å²) in [4.78, 5) is 2.41. The highest BCUT2D eigenvalue weighted by atomic mass is 28.3. The molecule has 0 unspecified atom stereocenters. The van der Waals surface area contributed by atoms with Crippen molar-refractivity contribution >= 4 is 24.6 Å². The Morgan fingerprint density at radius 1 is 0.800 bits per heavy atom. The van der Waals surface area contributed by atoms with Gasteiger partial charge in [-0.25, -0.2) is 0 Å². The second-order valence-corrected chi connectivity index (χ2v) is 11.7. The Morgan fingerprint density at radius 2 is 1.40 bits per heavy atom. The second-order valence-electron chi connectivity index (χ2n) is 6.60. The largest absolute Gasteiger partial charge is 0.339 e. The van der Waals surface area contributed by atoms with Crippen LogP contribution < -0.4 is 10.1 Å². The smallest absolute Gasteiger partial charge is 0.0776 e. The molecule has 2 aromatic rings. The normalized spacial score (nSPS) is 11.7. The lowest BCUT2D eigenvalue weighted by Crippen LogP contribution is -2.38. The topological polar surface area (TPSA) is 3.24 Å². The number of benzene rings is 2. The molecule has 2 aromatic carbocycles. The lowest BCUT2D eigenvalue weighted by atomic mass is 10.2. The van der Waals surface area contributed by atoms with Gasteiger partial charge in [0.25, 0.3) is 0 Å². The van der Waals surface area contributed by atoms with Crippen LogP contribution in [0.4, 0.5) is 11.4 Å². The number of hydrogen-bond donors (Lipinski definition) is 0. The molecule has 0 fully saturated rings. The van der Waals surface area contributed by atoms with Gasteiger partial charge in [0.2, 0.25) is 0 Å². The van der Waals surface area contributed by atoms with Crippen molar-refractivity contribution in [3.05, 3.63) is 54.6 Å². The maximum absolute atomic E-state index is 2.41. The van der Waals surface area contributed by atoms with E-state index in [-0.39, 0.29) is 0 Å². The van der Waals surface area contributed by atoms with E-state index in [4.69, 9.17) is 0 Å². The molecule has 1 nitrogen and oxygen atoms in total. The van der Waals surface area contributed by atoms with Crippen LogP contribution in [0.2, 0.25) is 19.6 Å². The fraction of sp³-hybridized carbons (Fsp3) is 0.333. The fourth-order valence-electron chi connectivity index (χ4n) is 2.46. The van der Waals surface area contributed by atoms with Gasteiger partial charge in [-0.1, -0.05) is 55.2 Å². The molecule has 20 heavy (non-hydrogen) atoms. The minimum Gasteiger partial charge on any atom is -0.339 e. The van der Waals surface area contributed by atoms with Crippen LogP contribution in [0, 0.1) is 0 Å². The Balaban J connectivity index is 2.46. The van der Waals surface area contributed by atoms with Crippen molar-refractivity contribution in [2.75, 3.05) is 4.90 Å². The van der Waals surface area contributed by atoms with Crippen LogP contribution in [0.25, 0.3) is 0 Å². The van der Waals surface area contributed by atoms with Crippen LogP contribution >= 0.6 is 0 Å². The zero-order chi connectivity index (χ0) is 14.8. The van der Waals surface area contributed by atoms with Crippen LogP contribution in [0.15, 0.2) is 54.6 Å². The lowest BCUT2D eigenvalue weighted by Gasteiger charge is -2.30. The molecule has 0 atom stereocenters. The molecular weight excluding hydrogens is 258 g/mol. The molecule has 0 amide bonds. The van der Waals surface area contributed by atoms with Crippen molar-refractivity contribution in [3.8, 4) is 0 Å². The van der Waals surface area contributed by atoms with E-state index < -0.39 is 8.07 Å². The van der Waals surface area contributed by atoms with Crippen molar-refractivity contribution in [2.45, 2.75) is 39.5 Å². The molecule has 0 N–H and O–H groups in total. The lowest BCUT2D eigenvalue weighted by molar-refractivity contribution is 0.789. The molecule has 0 heterocycles. The third-order valence-electron chi connectivity index (χ3n) is 3.54. The predicted molar refractivity (Wildman–Crippen MR) is 93.1 cm³/mol. The first-order valence-corrected chi connectivity index (χ1v) is 10.8. The van der Waals surface area contributed by atoms with E-state index in [1.165, 1.54) is 16.6 Å². The molecule has 0 radical (unpaired) electrons. The van der Waals surface area contributed by atoms with Crippen LogP contribution in [0.5, 0.6) is 0 Å². The molecule has 0 saturated heterocycles. The minimum absolute atomic E-state index is 0.439. The maximum atomic E-state index is 2.41. The third kappa shape index (κ3) is 3.31. The number of hydrogen-bond acceptors (Lipinski definition) is 1. The zero-order valence-corrected chi connectivity index (χ0v) is 14.2. The van der Waals surface area contributed by atoms with E-state index in [9.17, 15) is 0 Å². The van der Waals surface area contributed by atoms with Crippen molar-refractivity contribution in [1.29, 1.82) is 0 Å². The van der Waals surface area contributed by atoms with E-state index in [1.54, 1.807) is 0 Å². The standard InChI is InChI=1S/C18H25NSi/c1-15(2)19(16-10-7-6-8-11-16)17-12-9-13-18(14-17)20(3,4)5/h6-15H,1-5H3. The summed E-state index contributed by atoms with van der Waals surface area (Å²) < 4.78 is 0. The quantitative estimate of drug-likeness (QED) is 0.730. The number of anilines is 2. The Kier molecular flexibility index (Phi) is 4.34. The summed E-state index contributed by atoms with van der Waals surface area (Å²) in [6.45, 7) is 11.7. The molecule has 2 heteroatoms. The summed E-state index contributed by atoms with van der Waals surface area (Å²) in [5, 5.41) is 1.51. The van der Waals surface area contributed by atoms with E-state index in [0.29, 0.717) is 6.04 Å². The highest BCUT2D eigenvalue weighted by molar-refractivity contribution is 6.88. The van der Waals surface area contributed by atoms with Gasteiger partial charge < -0.3 is 4.90 Å². The Hall–Kier alpha value is -1.54. The molecule has 106 valence electrons. The van der Waals surface area contributed by atoms with Gasteiger partial charge in [0, 0.05) is 17.4 Å². The van der Waals surface area contributed by atoms with Gasteiger partial charge in [-0.15, -0.1) is 0 Å². The average molecular weight is 283 g/mol.